The quantitative estimate of drug-likeness (QED) is 0.743. The van der Waals surface area contributed by atoms with Crippen LogP contribution in [0.5, 0.6) is 0 Å². The van der Waals surface area contributed by atoms with Gasteiger partial charge in [-0.1, -0.05) is 0 Å². The molecule has 0 atom stereocenters. The number of nitrogens with two attached hydrogens (primary N) is 1. The van der Waals surface area contributed by atoms with E-state index in [1.54, 1.807) is 23.3 Å². The number of carbonyl (C=O) groups excluding carboxylic acids is 1. The van der Waals surface area contributed by atoms with Crippen molar-refractivity contribution in [3.63, 3.8) is 0 Å². The molecule has 0 aromatic carbocycles. The summed E-state index contributed by atoms with van der Waals surface area (Å²) in [6, 6.07) is 1.84. The SMILES string of the molecule is Nc1c(C(=O)NCCn2cccn2)sc2nccnc12. The average Bonchev–Trinajstić information content (AvgIpc) is 3.08. The Labute approximate surface area is 118 Å². The van der Waals surface area contributed by atoms with E-state index in [1.807, 2.05) is 12.3 Å². The summed E-state index contributed by atoms with van der Waals surface area (Å²) in [6.07, 6.45) is 6.68. The third kappa shape index (κ3) is 2.32. The normalized spacial score (nSPS) is 10.8. The predicted molar refractivity (Wildman–Crippen MR) is 76.4 cm³/mol. The van der Waals surface area contributed by atoms with Gasteiger partial charge in [0.25, 0.3) is 5.91 Å². The number of hydrogen-bond acceptors (Lipinski definition) is 6. The molecule has 1 amide bonds. The number of aromatic nitrogens is 4. The molecule has 3 rings (SSSR count). The zero-order valence-electron chi connectivity index (χ0n) is 10.5. The van der Waals surface area contributed by atoms with Crippen molar-refractivity contribution in [2.75, 3.05) is 12.3 Å². The summed E-state index contributed by atoms with van der Waals surface area (Å²) in [4.78, 5) is 21.5. The lowest BCUT2D eigenvalue weighted by atomic mass is 10.3. The molecule has 8 heteroatoms. The first-order valence-corrected chi connectivity index (χ1v) is 6.82. The Morgan fingerprint density at radius 1 is 1.35 bits per heavy atom. The fourth-order valence-corrected chi connectivity index (χ4v) is 2.75. The molecule has 0 unspecified atom stereocenters. The van der Waals surface area contributed by atoms with E-state index in [9.17, 15) is 4.79 Å². The zero-order chi connectivity index (χ0) is 13.9. The summed E-state index contributed by atoms with van der Waals surface area (Å²) in [5, 5.41) is 6.88. The van der Waals surface area contributed by atoms with Crippen LogP contribution in [0.4, 0.5) is 5.69 Å². The first-order chi connectivity index (χ1) is 9.75. The molecule has 3 aromatic heterocycles. The molecule has 3 aromatic rings. The van der Waals surface area contributed by atoms with Crippen LogP contribution in [0.3, 0.4) is 0 Å². The molecule has 0 saturated carbocycles. The lowest BCUT2D eigenvalue weighted by Gasteiger charge is -2.04. The fourth-order valence-electron chi connectivity index (χ4n) is 1.81. The highest BCUT2D eigenvalue weighted by Gasteiger charge is 2.17. The number of hydrogen-bond donors (Lipinski definition) is 2. The van der Waals surface area contributed by atoms with E-state index in [-0.39, 0.29) is 5.91 Å². The topological polar surface area (TPSA) is 98.7 Å². The van der Waals surface area contributed by atoms with E-state index < -0.39 is 0 Å². The van der Waals surface area contributed by atoms with Crippen molar-refractivity contribution in [1.29, 1.82) is 0 Å². The summed E-state index contributed by atoms with van der Waals surface area (Å²) >= 11 is 1.25. The number of carbonyl (C=O) groups is 1. The molecule has 0 fully saturated rings. The van der Waals surface area contributed by atoms with E-state index in [2.05, 4.69) is 20.4 Å². The van der Waals surface area contributed by atoms with Gasteiger partial charge in [0, 0.05) is 31.3 Å². The standard InChI is InChI=1S/C12H12N6OS/c13-8-9-12(16-4-3-14-9)20-10(8)11(19)15-5-7-18-6-1-2-17-18/h1-4,6H,5,7,13H2,(H,15,19). The number of nitrogens with zero attached hydrogens (tertiary/aromatic N) is 4. The Morgan fingerprint density at radius 2 is 2.20 bits per heavy atom. The van der Waals surface area contributed by atoms with Gasteiger partial charge in [-0.25, -0.2) is 9.97 Å². The highest BCUT2D eigenvalue weighted by molar-refractivity contribution is 7.21. The first kappa shape index (κ1) is 12.5. The number of fused-ring (bicyclic) bond motifs is 1. The highest BCUT2D eigenvalue weighted by Crippen LogP contribution is 2.30. The number of thiophene rings is 1. The maximum absolute atomic E-state index is 12.1. The molecule has 0 saturated heterocycles. The van der Waals surface area contributed by atoms with Crippen LogP contribution in [-0.4, -0.2) is 32.2 Å². The summed E-state index contributed by atoms with van der Waals surface area (Å²) in [5.41, 5.74) is 6.90. The van der Waals surface area contributed by atoms with E-state index in [1.165, 1.54) is 11.3 Å². The molecule has 0 aliphatic carbocycles. The van der Waals surface area contributed by atoms with E-state index in [0.717, 1.165) is 0 Å². The van der Waals surface area contributed by atoms with Crippen molar-refractivity contribution in [2.45, 2.75) is 6.54 Å². The van der Waals surface area contributed by atoms with Gasteiger partial charge in [-0.3, -0.25) is 9.48 Å². The molecule has 3 N–H and O–H groups in total. The number of amides is 1. The summed E-state index contributed by atoms with van der Waals surface area (Å²) < 4.78 is 1.75. The molecule has 7 nitrogen and oxygen atoms in total. The van der Waals surface area contributed by atoms with E-state index in [0.29, 0.717) is 34.0 Å². The summed E-state index contributed by atoms with van der Waals surface area (Å²) in [6.45, 7) is 1.09. The molecule has 20 heavy (non-hydrogen) atoms. The van der Waals surface area contributed by atoms with Crippen LogP contribution in [0.2, 0.25) is 0 Å². The van der Waals surface area contributed by atoms with Gasteiger partial charge in [-0.15, -0.1) is 11.3 Å². The van der Waals surface area contributed by atoms with Crippen LogP contribution < -0.4 is 11.1 Å². The minimum atomic E-state index is -0.209. The second-order valence-corrected chi connectivity index (χ2v) is 5.08. The van der Waals surface area contributed by atoms with Crippen molar-refractivity contribution in [2.24, 2.45) is 0 Å². The van der Waals surface area contributed by atoms with Crippen molar-refractivity contribution in [3.8, 4) is 0 Å². The van der Waals surface area contributed by atoms with Gasteiger partial charge in [0.05, 0.1) is 12.2 Å². The highest BCUT2D eigenvalue weighted by atomic mass is 32.1. The molecule has 0 radical (unpaired) electrons. The second-order valence-electron chi connectivity index (χ2n) is 4.08. The molecule has 3 heterocycles. The number of nitrogens with one attached hydrogen (secondary N) is 1. The van der Waals surface area contributed by atoms with Gasteiger partial charge in [0.2, 0.25) is 0 Å². The number of rotatable bonds is 4. The first-order valence-electron chi connectivity index (χ1n) is 6.00. The molecular formula is C12H12N6OS. The zero-order valence-corrected chi connectivity index (χ0v) is 11.3. The summed E-state index contributed by atoms with van der Waals surface area (Å²) in [7, 11) is 0. The molecule has 0 aliphatic rings. The van der Waals surface area contributed by atoms with Crippen molar-refractivity contribution < 1.29 is 4.79 Å². The molecular weight excluding hydrogens is 276 g/mol. The third-order valence-corrected chi connectivity index (χ3v) is 3.86. The van der Waals surface area contributed by atoms with Crippen LogP contribution in [0, 0.1) is 0 Å². The van der Waals surface area contributed by atoms with Crippen LogP contribution in [-0.2, 0) is 6.54 Å². The van der Waals surface area contributed by atoms with Crippen LogP contribution in [0.15, 0.2) is 30.9 Å². The Balaban J connectivity index is 1.71. The monoisotopic (exact) mass is 288 g/mol. The maximum atomic E-state index is 12.1. The largest absolute Gasteiger partial charge is 0.396 e. The predicted octanol–water partition coefficient (Wildman–Crippen LogP) is 0.900. The third-order valence-electron chi connectivity index (χ3n) is 2.76. The lowest BCUT2D eigenvalue weighted by molar-refractivity contribution is 0.0957. The van der Waals surface area contributed by atoms with Gasteiger partial charge < -0.3 is 11.1 Å². The van der Waals surface area contributed by atoms with Crippen molar-refractivity contribution in [3.05, 3.63) is 35.7 Å². The number of nitrogen functional groups attached to an aromatic ring is 1. The lowest BCUT2D eigenvalue weighted by Crippen LogP contribution is -2.27. The van der Waals surface area contributed by atoms with Crippen LogP contribution in [0.25, 0.3) is 10.3 Å². The summed E-state index contributed by atoms with van der Waals surface area (Å²) in [5.74, 6) is -0.209. The number of anilines is 1. The Kier molecular flexibility index (Phi) is 3.30. The molecule has 0 spiro atoms. The Bertz CT molecular complexity index is 736. The van der Waals surface area contributed by atoms with Gasteiger partial charge in [-0.05, 0) is 6.07 Å². The van der Waals surface area contributed by atoms with Crippen LogP contribution in [0.1, 0.15) is 9.67 Å². The smallest absolute Gasteiger partial charge is 0.263 e. The van der Waals surface area contributed by atoms with E-state index in [4.69, 9.17) is 5.73 Å². The van der Waals surface area contributed by atoms with Gasteiger partial charge in [0.15, 0.2) is 0 Å². The second kappa shape index (κ2) is 5.25. The Morgan fingerprint density at radius 3 is 2.95 bits per heavy atom. The van der Waals surface area contributed by atoms with Crippen molar-refractivity contribution in [1.82, 2.24) is 25.1 Å². The molecule has 102 valence electrons. The minimum Gasteiger partial charge on any atom is -0.396 e. The molecule has 0 aliphatic heterocycles. The average molecular weight is 288 g/mol. The van der Waals surface area contributed by atoms with Gasteiger partial charge in [0.1, 0.15) is 15.2 Å². The van der Waals surface area contributed by atoms with E-state index >= 15 is 0 Å². The van der Waals surface area contributed by atoms with Gasteiger partial charge >= 0.3 is 0 Å². The minimum absolute atomic E-state index is 0.209. The van der Waals surface area contributed by atoms with Gasteiger partial charge in [-0.2, -0.15) is 5.10 Å². The molecule has 0 bridgehead atoms. The Hall–Kier alpha value is -2.48. The maximum Gasteiger partial charge on any atom is 0.263 e. The van der Waals surface area contributed by atoms with Crippen LogP contribution >= 0.6 is 11.3 Å². The van der Waals surface area contributed by atoms with Crippen molar-refractivity contribution >= 4 is 33.3 Å². The fraction of sp³-hybridized carbons (Fsp3) is 0.167.